The molecule has 16 heavy (non-hydrogen) atoms. The molecule has 0 amide bonds. The lowest BCUT2D eigenvalue weighted by Crippen LogP contribution is -2.18. The van der Waals surface area contributed by atoms with Crippen LogP contribution >= 0.6 is 27.7 Å². The molecule has 1 N–H and O–H groups in total. The molecule has 1 nitrogen and oxygen atoms in total. The zero-order chi connectivity index (χ0) is 11.8. The third-order valence-corrected chi connectivity index (χ3v) is 4.27. The third-order valence-electron chi connectivity index (χ3n) is 2.61. The average Bonchev–Trinajstić information content (AvgIpc) is 2.29. The molecule has 0 spiro atoms. The minimum atomic E-state index is 0.611. The maximum absolute atomic E-state index is 3.64. The Balaban J connectivity index is 2.65. The molecule has 0 aliphatic heterocycles. The van der Waals surface area contributed by atoms with Crippen LogP contribution in [0.5, 0.6) is 0 Å². The van der Waals surface area contributed by atoms with Crippen molar-refractivity contribution in [3.05, 3.63) is 34.3 Å². The standard InChI is InChI=1S/C13H20BrNS/c1-3-16-9-8-11(10-15-2)12-6-4-5-7-13(12)14/h4-7,11,15H,3,8-10H2,1-2H3. The molecule has 0 fully saturated rings. The maximum atomic E-state index is 3.64. The van der Waals surface area contributed by atoms with Crippen LogP contribution in [0.15, 0.2) is 28.7 Å². The summed E-state index contributed by atoms with van der Waals surface area (Å²) in [7, 11) is 2.02. The van der Waals surface area contributed by atoms with Crippen molar-refractivity contribution >= 4 is 27.7 Å². The van der Waals surface area contributed by atoms with Crippen molar-refractivity contribution in [2.24, 2.45) is 0 Å². The molecule has 0 aliphatic carbocycles. The number of nitrogens with one attached hydrogen (secondary N) is 1. The molecule has 0 saturated carbocycles. The van der Waals surface area contributed by atoms with Crippen molar-refractivity contribution in [2.45, 2.75) is 19.3 Å². The Hall–Kier alpha value is 0.01000. The topological polar surface area (TPSA) is 12.0 Å². The fourth-order valence-corrected chi connectivity index (χ4v) is 3.14. The molecule has 90 valence electrons. The van der Waals surface area contributed by atoms with E-state index in [4.69, 9.17) is 0 Å². The first kappa shape index (κ1) is 14.1. The van der Waals surface area contributed by atoms with Crippen molar-refractivity contribution in [1.29, 1.82) is 0 Å². The second-order valence-electron chi connectivity index (χ2n) is 3.76. The first-order valence-corrected chi connectivity index (χ1v) is 7.71. The third kappa shape index (κ3) is 4.48. The number of rotatable bonds is 7. The second kappa shape index (κ2) is 8.15. The molecule has 1 aromatic rings. The Morgan fingerprint density at radius 3 is 2.75 bits per heavy atom. The highest BCUT2D eigenvalue weighted by Gasteiger charge is 2.12. The summed E-state index contributed by atoms with van der Waals surface area (Å²) in [6, 6.07) is 8.55. The van der Waals surface area contributed by atoms with Gasteiger partial charge in [-0.05, 0) is 42.5 Å². The summed E-state index contributed by atoms with van der Waals surface area (Å²) in [5.74, 6) is 3.06. The van der Waals surface area contributed by atoms with Crippen molar-refractivity contribution in [3.8, 4) is 0 Å². The highest BCUT2D eigenvalue weighted by molar-refractivity contribution is 9.10. The minimum Gasteiger partial charge on any atom is -0.319 e. The average molecular weight is 302 g/mol. The summed E-state index contributed by atoms with van der Waals surface area (Å²) in [6.45, 7) is 3.27. The quantitative estimate of drug-likeness (QED) is 0.767. The maximum Gasteiger partial charge on any atom is 0.0210 e. The molecule has 0 heterocycles. The molecule has 1 aromatic carbocycles. The van der Waals surface area contributed by atoms with Crippen LogP contribution in [-0.4, -0.2) is 25.1 Å². The van der Waals surface area contributed by atoms with Gasteiger partial charge in [0.25, 0.3) is 0 Å². The minimum absolute atomic E-state index is 0.611. The van der Waals surface area contributed by atoms with Gasteiger partial charge in [0.15, 0.2) is 0 Å². The van der Waals surface area contributed by atoms with Gasteiger partial charge in [0.1, 0.15) is 0 Å². The summed E-state index contributed by atoms with van der Waals surface area (Å²) >= 11 is 5.66. The highest BCUT2D eigenvalue weighted by Crippen LogP contribution is 2.27. The molecule has 1 atom stereocenters. The van der Waals surface area contributed by atoms with E-state index in [-0.39, 0.29) is 0 Å². The van der Waals surface area contributed by atoms with E-state index >= 15 is 0 Å². The zero-order valence-electron chi connectivity index (χ0n) is 10.0. The molecule has 0 radical (unpaired) electrons. The van der Waals surface area contributed by atoms with E-state index in [2.05, 4.69) is 52.4 Å². The highest BCUT2D eigenvalue weighted by atomic mass is 79.9. The molecule has 0 aromatic heterocycles. The summed E-state index contributed by atoms with van der Waals surface area (Å²) in [5, 5.41) is 3.29. The van der Waals surface area contributed by atoms with Gasteiger partial charge in [-0.3, -0.25) is 0 Å². The van der Waals surface area contributed by atoms with Gasteiger partial charge in [0.05, 0.1) is 0 Å². The predicted molar refractivity (Wildman–Crippen MR) is 78.4 cm³/mol. The SMILES string of the molecule is CCSCCC(CNC)c1ccccc1Br. The van der Waals surface area contributed by atoms with Gasteiger partial charge in [-0.1, -0.05) is 41.1 Å². The number of likely N-dealkylation sites (N-methyl/N-ethyl adjacent to an activating group) is 1. The van der Waals surface area contributed by atoms with E-state index in [0.29, 0.717) is 5.92 Å². The number of thioether (sulfide) groups is 1. The van der Waals surface area contributed by atoms with E-state index in [1.54, 1.807) is 0 Å². The molecule has 0 saturated heterocycles. The number of halogens is 1. The van der Waals surface area contributed by atoms with Crippen molar-refractivity contribution in [2.75, 3.05) is 25.1 Å². The van der Waals surface area contributed by atoms with Gasteiger partial charge >= 0.3 is 0 Å². The summed E-state index contributed by atoms with van der Waals surface area (Å²) in [6.07, 6.45) is 1.24. The normalized spacial score (nSPS) is 12.7. The fraction of sp³-hybridized carbons (Fsp3) is 0.538. The van der Waals surface area contributed by atoms with Crippen LogP contribution in [0.3, 0.4) is 0 Å². The predicted octanol–water partition coefficient (Wildman–Crippen LogP) is 3.90. The Labute approximate surface area is 112 Å². The molecule has 0 bridgehead atoms. The largest absolute Gasteiger partial charge is 0.319 e. The lowest BCUT2D eigenvalue weighted by Gasteiger charge is -2.18. The van der Waals surface area contributed by atoms with E-state index < -0.39 is 0 Å². The summed E-state index contributed by atoms with van der Waals surface area (Å²) in [5.41, 5.74) is 1.42. The van der Waals surface area contributed by atoms with Crippen molar-refractivity contribution in [1.82, 2.24) is 5.32 Å². The van der Waals surface area contributed by atoms with Crippen LogP contribution in [0.25, 0.3) is 0 Å². The van der Waals surface area contributed by atoms with E-state index in [9.17, 15) is 0 Å². The molecular formula is C13H20BrNS. The first-order valence-electron chi connectivity index (χ1n) is 5.76. The number of benzene rings is 1. The van der Waals surface area contributed by atoms with Gasteiger partial charge < -0.3 is 5.32 Å². The molecule has 1 unspecified atom stereocenters. The lowest BCUT2D eigenvalue weighted by atomic mass is 9.96. The van der Waals surface area contributed by atoms with Gasteiger partial charge in [0.2, 0.25) is 0 Å². The Morgan fingerprint density at radius 2 is 2.12 bits per heavy atom. The zero-order valence-corrected chi connectivity index (χ0v) is 12.4. The van der Waals surface area contributed by atoms with Crippen molar-refractivity contribution in [3.63, 3.8) is 0 Å². The van der Waals surface area contributed by atoms with Crippen molar-refractivity contribution < 1.29 is 0 Å². The van der Waals surface area contributed by atoms with Crippen LogP contribution in [0.2, 0.25) is 0 Å². The monoisotopic (exact) mass is 301 g/mol. The smallest absolute Gasteiger partial charge is 0.0210 e. The van der Waals surface area contributed by atoms with Gasteiger partial charge in [-0.2, -0.15) is 11.8 Å². The Bertz CT molecular complexity index is 304. The molecule has 0 aliphatic rings. The lowest BCUT2D eigenvalue weighted by molar-refractivity contribution is 0.614. The van der Waals surface area contributed by atoms with Crippen LogP contribution in [-0.2, 0) is 0 Å². The first-order chi connectivity index (χ1) is 7.79. The van der Waals surface area contributed by atoms with E-state index in [0.717, 1.165) is 6.54 Å². The number of hydrogen-bond acceptors (Lipinski definition) is 2. The van der Waals surface area contributed by atoms with Gasteiger partial charge in [0, 0.05) is 11.0 Å². The van der Waals surface area contributed by atoms with E-state index in [1.165, 1.54) is 28.0 Å². The Morgan fingerprint density at radius 1 is 1.38 bits per heavy atom. The second-order valence-corrected chi connectivity index (χ2v) is 6.01. The molecule has 1 rings (SSSR count). The van der Waals surface area contributed by atoms with Crippen LogP contribution in [0.1, 0.15) is 24.8 Å². The summed E-state index contributed by atoms with van der Waals surface area (Å²) < 4.78 is 1.23. The number of hydrogen-bond donors (Lipinski definition) is 1. The van der Waals surface area contributed by atoms with Crippen LogP contribution in [0.4, 0.5) is 0 Å². The van der Waals surface area contributed by atoms with Crippen LogP contribution in [0, 0.1) is 0 Å². The Kier molecular flexibility index (Phi) is 7.17. The molecular weight excluding hydrogens is 282 g/mol. The van der Waals surface area contributed by atoms with E-state index in [1.807, 2.05) is 18.8 Å². The van der Waals surface area contributed by atoms with Gasteiger partial charge in [-0.25, -0.2) is 0 Å². The van der Waals surface area contributed by atoms with Crippen LogP contribution < -0.4 is 5.32 Å². The molecule has 3 heteroatoms. The van der Waals surface area contributed by atoms with Gasteiger partial charge in [-0.15, -0.1) is 0 Å². The summed E-state index contributed by atoms with van der Waals surface area (Å²) in [4.78, 5) is 0. The fourth-order valence-electron chi connectivity index (χ4n) is 1.79.